The molecule has 0 spiro atoms. The summed E-state index contributed by atoms with van der Waals surface area (Å²) in [5, 5.41) is 3.85. The molecule has 0 atom stereocenters. The molecular weight excluding hydrogens is 450 g/mol. The minimum Gasteiger partial charge on any atom is -0.426 e. The number of aromatic amines is 1. The average Bonchev–Trinajstić information content (AvgIpc) is 3.25. The van der Waals surface area contributed by atoms with Crippen molar-refractivity contribution in [2.75, 3.05) is 37.7 Å². The molecule has 0 radical (unpaired) electrons. The zero-order valence-electron chi connectivity index (χ0n) is 18.6. The first-order valence-electron chi connectivity index (χ1n) is 11.4. The number of rotatable bonds is 4. The SMILES string of the molecule is C=C1NCCc2ccc(Oc3nc4nc(-c5ccc(N6CCOCC6)cc5)c(Cl)cc4[nH]3)cc21. The van der Waals surface area contributed by atoms with Gasteiger partial charge in [0, 0.05) is 42.1 Å². The number of benzene rings is 2. The molecule has 2 aromatic heterocycles. The van der Waals surface area contributed by atoms with E-state index < -0.39 is 0 Å². The van der Waals surface area contributed by atoms with Gasteiger partial charge in [-0.15, -0.1) is 0 Å². The summed E-state index contributed by atoms with van der Waals surface area (Å²) in [6.45, 7) is 8.31. The second-order valence-corrected chi connectivity index (χ2v) is 8.86. The second kappa shape index (κ2) is 8.66. The monoisotopic (exact) mass is 473 g/mol. The molecule has 4 heterocycles. The lowest BCUT2D eigenvalue weighted by atomic mass is 9.98. The van der Waals surface area contributed by atoms with Crippen LogP contribution in [0.25, 0.3) is 28.1 Å². The molecule has 2 aliphatic rings. The van der Waals surface area contributed by atoms with Crippen molar-refractivity contribution >= 4 is 34.1 Å². The molecule has 0 saturated carbocycles. The fourth-order valence-electron chi connectivity index (χ4n) is 4.47. The predicted molar refractivity (Wildman–Crippen MR) is 135 cm³/mol. The highest BCUT2D eigenvalue weighted by Gasteiger charge is 2.16. The summed E-state index contributed by atoms with van der Waals surface area (Å²) in [5.74, 6) is 0.688. The van der Waals surface area contributed by atoms with Crippen molar-refractivity contribution < 1.29 is 9.47 Å². The molecule has 1 fully saturated rings. The lowest BCUT2D eigenvalue weighted by molar-refractivity contribution is 0.122. The summed E-state index contributed by atoms with van der Waals surface area (Å²) in [7, 11) is 0. The molecule has 0 amide bonds. The van der Waals surface area contributed by atoms with Crippen molar-refractivity contribution in [3.63, 3.8) is 0 Å². The fourth-order valence-corrected chi connectivity index (χ4v) is 4.73. The topological polar surface area (TPSA) is 75.3 Å². The Morgan fingerprint density at radius 3 is 2.68 bits per heavy atom. The largest absolute Gasteiger partial charge is 0.426 e. The molecule has 2 N–H and O–H groups in total. The van der Waals surface area contributed by atoms with Gasteiger partial charge >= 0.3 is 6.01 Å². The Bertz CT molecular complexity index is 1380. The van der Waals surface area contributed by atoms with E-state index in [-0.39, 0.29) is 0 Å². The number of anilines is 1. The van der Waals surface area contributed by atoms with Crippen LogP contribution in [0.4, 0.5) is 5.69 Å². The highest BCUT2D eigenvalue weighted by Crippen LogP contribution is 2.32. The van der Waals surface area contributed by atoms with E-state index in [4.69, 9.17) is 26.1 Å². The average molecular weight is 474 g/mol. The van der Waals surface area contributed by atoms with E-state index in [1.54, 1.807) is 0 Å². The Kier molecular flexibility index (Phi) is 5.36. The van der Waals surface area contributed by atoms with Gasteiger partial charge in [-0.05, 0) is 42.3 Å². The Hall–Kier alpha value is -3.55. The summed E-state index contributed by atoms with van der Waals surface area (Å²) in [6, 6.07) is 16.5. The first kappa shape index (κ1) is 21.0. The number of H-pyrrole nitrogens is 1. The van der Waals surface area contributed by atoms with Crippen LogP contribution in [0.3, 0.4) is 0 Å². The molecule has 172 valence electrons. The summed E-state index contributed by atoms with van der Waals surface area (Å²) >= 11 is 6.60. The van der Waals surface area contributed by atoms with Gasteiger partial charge in [0.15, 0.2) is 5.65 Å². The van der Waals surface area contributed by atoms with Gasteiger partial charge in [-0.2, -0.15) is 4.98 Å². The van der Waals surface area contributed by atoms with Crippen LogP contribution in [-0.2, 0) is 11.2 Å². The lowest BCUT2D eigenvalue weighted by Gasteiger charge is -2.28. The van der Waals surface area contributed by atoms with Gasteiger partial charge in [-0.3, -0.25) is 0 Å². The quantitative estimate of drug-likeness (QED) is 0.433. The summed E-state index contributed by atoms with van der Waals surface area (Å²) in [5.41, 5.74) is 7.32. The maximum absolute atomic E-state index is 6.60. The maximum Gasteiger partial charge on any atom is 0.301 e. The molecule has 2 aromatic carbocycles. The van der Waals surface area contributed by atoms with Gasteiger partial charge < -0.3 is 24.7 Å². The normalized spacial score (nSPS) is 15.8. The Balaban J connectivity index is 1.26. The highest BCUT2D eigenvalue weighted by molar-refractivity contribution is 6.33. The number of halogens is 1. The first-order chi connectivity index (χ1) is 16.6. The summed E-state index contributed by atoms with van der Waals surface area (Å²) < 4.78 is 11.5. The number of nitrogens with zero attached hydrogens (tertiary/aromatic N) is 3. The maximum atomic E-state index is 6.60. The van der Waals surface area contributed by atoms with Gasteiger partial charge in [0.1, 0.15) is 5.75 Å². The molecule has 6 rings (SSSR count). The first-order valence-corrected chi connectivity index (χ1v) is 11.8. The number of fused-ring (bicyclic) bond motifs is 2. The number of nitrogens with one attached hydrogen (secondary N) is 2. The number of aromatic nitrogens is 3. The Morgan fingerprint density at radius 1 is 1.03 bits per heavy atom. The number of hydrogen-bond donors (Lipinski definition) is 2. The standard InChI is InChI=1S/C26H24ClN5O2/c1-16-21-14-20(7-4-17(21)8-9-28-16)34-26-29-23-15-22(27)24(30-25(23)31-26)18-2-5-19(6-3-18)32-10-12-33-13-11-32/h2-7,14-15,28H,1,8-13H2,(H,29,30,31). The van der Waals surface area contributed by atoms with Crippen LogP contribution in [0.2, 0.25) is 5.02 Å². The van der Waals surface area contributed by atoms with Gasteiger partial charge in [0.2, 0.25) is 0 Å². The molecule has 0 aliphatic carbocycles. The number of pyridine rings is 1. The molecule has 8 heteroatoms. The van der Waals surface area contributed by atoms with Crippen LogP contribution >= 0.6 is 11.6 Å². The van der Waals surface area contributed by atoms with Crippen molar-refractivity contribution in [2.24, 2.45) is 0 Å². The van der Waals surface area contributed by atoms with Crippen LogP contribution in [0.1, 0.15) is 11.1 Å². The number of hydrogen-bond acceptors (Lipinski definition) is 6. The molecule has 4 aromatic rings. The van der Waals surface area contributed by atoms with E-state index in [1.165, 1.54) is 11.3 Å². The molecule has 0 unspecified atom stereocenters. The third kappa shape index (κ3) is 3.97. The molecule has 7 nitrogen and oxygen atoms in total. The zero-order valence-corrected chi connectivity index (χ0v) is 19.4. The van der Waals surface area contributed by atoms with Crippen LogP contribution in [-0.4, -0.2) is 47.8 Å². The molecule has 0 bridgehead atoms. The molecule has 1 saturated heterocycles. The van der Waals surface area contributed by atoms with E-state index in [2.05, 4.69) is 45.0 Å². The summed E-state index contributed by atoms with van der Waals surface area (Å²) in [6.07, 6.45) is 0.970. The van der Waals surface area contributed by atoms with Gasteiger partial charge in [-0.1, -0.05) is 36.4 Å². The highest BCUT2D eigenvalue weighted by atomic mass is 35.5. The Labute approximate surface area is 202 Å². The third-order valence-corrected chi connectivity index (χ3v) is 6.56. The lowest BCUT2D eigenvalue weighted by Crippen LogP contribution is -2.36. The van der Waals surface area contributed by atoms with Crippen molar-refractivity contribution in [1.29, 1.82) is 0 Å². The van der Waals surface area contributed by atoms with Crippen LogP contribution in [0.15, 0.2) is 55.1 Å². The van der Waals surface area contributed by atoms with Crippen molar-refractivity contribution in [2.45, 2.75) is 6.42 Å². The number of imidazole rings is 1. The van der Waals surface area contributed by atoms with Crippen LogP contribution in [0, 0.1) is 0 Å². The van der Waals surface area contributed by atoms with Gasteiger partial charge in [-0.25, -0.2) is 4.98 Å². The Morgan fingerprint density at radius 2 is 1.85 bits per heavy atom. The molecular formula is C26H24ClN5O2. The minimum atomic E-state index is 0.368. The van der Waals surface area contributed by atoms with E-state index in [0.717, 1.165) is 61.6 Å². The zero-order chi connectivity index (χ0) is 23.1. The second-order valence-electron chi connectivity index (χ2n) is 8.45. The minimum absolute atomic E-state index is 0.368. The number of ether oxygens (including phenoxy) is 2. The van der Waals surface area contributed by atoms with E-state index in [9.17, 15) is 0 Å². The van der Waals surface area contributed by atoms with Crippen LogP contribution < -0.4 is 15.0 Å². The van der Waals surface area contributed by atoms with Crippen molar-refractivity contribution in [3.8, 4) is 23.0 Å². The smallest absolute Gasteiger partial charge is 0.301 e. The summed E-state index contributed by atoms with van der Waals surface area (Å²) in [4.78, 5) is 14.8. The van der Waals surface area contributed by atoms with Gasteiger partial charge in [0.05, 0.1) is 29.4 Å². The molecule has 34 heavy (non-hydrogen) atoms. The fraction of sp³-hybridized carbons (Fsp3) is 0.231. The van der Waals surface area contributed by atoms with E-state index in [1.807, 2.05) is 30.3 Å². The van der Waals surface area contributed by atoms with Crippen molar-refractivity contribution in [3.05, 3.63) is 71.3 Å². The van der Waals surface area contributed by atoms with Crippen molar-refractivity contribution in [1.82, 2.24) is 20.3 Å². The predicted octanol–water partition coefficient (Wildman–Crippen LogP) is 5.02. The third-order valence-electron chi connectivity index (χ3n) is 6.28. The van der Waals surface area contributed by atoms with Crippen LogP contribution in [0.5, 0.6) is 11.8 Å². The molecule has 2 aliphatic heterocycles. The van der Waals surface area contributed by atoms with E-state index >= 15 is 0 Å². The number of morpholine rings is 1. The van der Waals surface area contributed by atoms with E-state index in [0.29, 0.717) is 28.1 Å². The van der Waals surface area contributed by atoms with Gasteiger partial charge in [0.25, 0.3) is 0 Å².